The molecule has 696 valence electrons. The molecule has 32 heteroatoms. The Morgan fingerprint density at radius 3 is 0.347 bits per heavy atom. The van der Waals surface area contributed by atoms with Crippen LogP contribution in [0.3, 0.4) is 0 Å². The Labute approximate surface area is 753 Å². The molecule has 0 radical (unpaired) electrons. The van der Waals surface area contributed by atoms with Crippen LogP contribution in [0.1, 0.15) is 316 Å². The van der Waals surface area contributed by atoms with E-state index in [1.54, 1.807) is 0 Å². The topological polar surface area (TPSA) is 350 Å². The van der Waals surface area contributed by atoms with Gasteiger partial charge in [-0.25, -0.2) is 94.1 Å². The number of nitriles is 4. The van der Waals surface area contributed by atoms with Crippen molar-refractivity contribution in [3.63, 3.8) is 0 Å². The maximum Gasteiger partial charge on any atom is 0.243 e. The summed E-state index contributed by atoms with van der Waals surface area (Å²) < 4.78 is 35.9. The van der Waals surface area contributed by atoms with Crippen molar-refractivity contribution in [1.29, 1.82) is 21.0 Å². The maximum atomic E-state index is 8.98. The van der Waals surface area contributed by atoms with Gasteiger partial charge in [-0.1, -0.05) is 158 Å². The molecule has 0 saturated heterocycles. The third-order valence-electron chi connectivity index (χ3n) is 19.5. The van der Waals surface area contributed by atoms with E-state index >= 15 is 0 Å². The van der Waals surface area contributed by atoms with E-state index in [0.29, 0.717) is 0 Å². The predicted octanol–water partition coefficient (Wildman–Crippen LogP) is 8.04. The van der Waals surface area contributed by atoms with E-state index in [9.17, 15) is 0 Å². The van der Waals surface area contributed by atoms with Gasteiger partial charge >= 0.3 is 0 Å². The molecule has 0 atom stereocenters. The Balaban J connectivity index is -0.000000643. The first-order chi connectivity index (χ1) is 60.0. The summed E-state index contributed by atoms with van der Waals surface area (Å²) in [5.74, 6) is 3.67. The molecule has 8 aromatic rings. The molecule has 0 amide bonds. The molecule has 0 unspecified atom stereocenters. The molecular weight excluding hydrogens is 1560 g/mol. The fourth-order valence-corrected chi connectivity index (χ4v) is 11.8. The van der Waals surface area contributed by atoms with Crippen molar-refractivity contribution in [2.75, 3.05) is 0 Å². The summed E-state index contributed by atoms with van der Waals surface area (Å²) in [4.78, 5) is 0. The van der Waals surface area contributed by atoms with Gasteiger partial charge in [-0.05, 0) is 182 Å². The Morgan fingerprint density at radius 1 is 0.185 bits per heavy atom. The first-order valence-electron chi connectivity index (χ1n) is 47.2. The summed E-state index contributed by atoms with van der Waals surface area (Å²) in [6, 6.07) is 0. The van der Waals surface area contributed by atoms with Crippen molar-refractivity contribution in [3.05, 3.63) is 150 Å². The number of nitrogens with zero attached hydrogens (tertiary/aromatic N) is 20. The monoisotopic (exact) mass is 1730 g/mol. The number of aryl methyl sites for hydroxylation is 16. The smallest absolute Gasteiger partial charge is 0.243 e. The minimum Gasteiger partial charge on any atom is -0.881 e. The molecule has 8 aromatic heterocycles. The van der Waals surface area contributed by atoms with Gasteiger partial charge in [0.25, 0.3) is 0 Å². The van der Waals surface area contributed by atoms with Crippen LogP contribution >= 0.6 is 0 Å². The number of aromatic nitrogens is 16. The molecule has 0 N–H and O–H groups in total. The van der Waals surface area contributed by atoms with Crippen molar-refractivity contribution >= 4 is 28.5 Å². The highest BCUT2D eigenvalue weighted by molar-refractivity contribution is 6.47. The summed E-state index contributed by atoms with van der Waals surface area (Å²) in [5.41, 5.74) is 0. The highest BCUT2D eigenvalue weighted by atomic mass is 16.4. The van der Waals surface area contributed by atoms with E-state index in [0.717, 1.165) is 76.2 Å². The van der Waals surface area contributed by atoms with E-state index in [2.05, 4.69) is 334 Å². The van der Waals surface area contributed by atoms with Crippen molar-refractivity contribution in [1.82, 2.24) is 36.5 Å². The second-order valence-electron chi connectivity index (χ2n) is 30.2. The first kappa shape index (κ1) is 122. The predicted molar refractivity (Wildman–Crippen MR) is 481 cm³/mol. The summed E-state index contributed by atoms with van der Waals surface area (Å²) in [5, 5.41) is 101. The quantitative estimate of drug-likeness (QED) is 0.0199. The van der Waals surface area contributed by atoms with Crippen LogP contribution in [-0.2, 0) is 105 Å². The van der Waals surface area contributed by atoms with E-state index in [4.69, 9.17) is 61.2 Å². The number of hydrogen-bond acceptors (Lipinski definition) is 12. The second-order valence-corrected chi connectivity index (χ2v) is 30.2. The zero-order valence-electron chi connectivity index (χ0n) is 80.3. The third-order valence-corrected chi connectivity index (χ3v) is 19.5. The lowest BCUT2D eigenvalue weighted by Gasteiger charge is -2.12. The van der Waals surface area contributed by atoms with Crippen LogP contribution in [0.5, 0.6) is 0 Å². The Bertz CT molecular complexity index is 3050. The molecule has 0 saturated carbocycles. The van der Waals surface area contributed by atoms with Gasteiger partial charge in [-0.3, -0.25) is 0 Å². The van der Waals surface area contributed by atoms with Crippen LogP contribution < -0.4 is 76.7 Å². The van der Waals surface area contributed by atoms with Crippen molar-refractivity contribution in [2.45, 2.75) is 421 Å². The van der Waals surface area contributed by atoms with Gasteiger partial charge in [0.05, 0.1) is 105 Å². The molecule has 0 spiro atoms. The van der Waals surface area contributed by atoms with Gasteiger partial charge in [0.2, 0.25) is 50.6 Å². The molecule has 0 bridgehead atoms. The fourth-order valence-electron chi connectivity index (χ4n) is 11.8. The normalized spacial score (nSPS) is 9.84. The Kier molecular flexibility index (Phi) is 89.3. The van der Waals surface area contributed by atoms with Crippen molar-refractivity contribution in [2.24, 2.45) is 0 Å². The van der Waals surface area contributed by atoms with Crippen LogP contribution in [0.2, 0.25) is 0 Å². The zero-order chi connectivity index (χ0) is 93.3. The zero-order valence-corrected chi connectivity index (χ0v) is 80.3. The van der Waals surface area contributed by atoms with Gasteiger partial charge in [0.15, 0.2) is 0 Å². The van der Waals surface area contributed by atoms with E-state index in [1.807, 2.05) is 0 Å². The minimum absolute atomic E-state index is 0.917. The average Bonchev–Trinajstić information content (AvgIpc) is 1.85. The Hall–Kier alpha value is -8.42. The number of imidazole rings is 8. The molecule has 28 nitrogen and oxygen atoms in total. The average molecular weight is 1730 g/mol. The van der Waals surface area contributed by atoms with E-state index in [1.165, 1.54) is 258 Å². The van der Waals surface area contributed by atoms with E-state index < -0.39 is 28.5 Å². The molecule has 0 aliphatic rings. The summed E-state index contributed by atoms with van der Waals surface area (Å²) in [7, 11) is -9.24. The largest absolute Gasteiger partial charge is 0.881 e. The Morgan fingerprint density at radius 2 is 0.282 bits per heavy atom. The molecule has 0 aliphatic heterocycles. The van der Waals surface area contributed by atoms with Crippen LogP contribution in [0.15, 0.2) is 150 Å². The summed E-state index contributed by atoms with van der Waals surface area (Å²) in [6.07, 6.45) is 94.8. The van der Waals surface area contributed by atoms with Crippen molar-refractivity contribution in [3.8, 4) is 23.9 Å². The second kappa shape index (κ2) is 90.8. The van der Waals surface area contributed by atoms with Gasteiger partial charge in [-0.15, -0.1) is 0 Å². The molecule has 0 fully saturated rings. The first-order valence-corrected chi connectivity index (χ1v) is 47.2. The van der Waals surface area contributed by atoms with Gasteiger partial charge in [0.1, 0.15) is 99.1 Å². The molecular formula is C92H168B4N20O8. The van der Waals surface area contributed by atoms with Gasteiger partial charge in [-0.2, -0.15) is 0 Å². The summed E-state index contributed by atoms with van der Waals surface area (Å²) >= 11 is 0. The van der Waals surface area contributed by atoms with Crippen molar-refractivity contribution < 1.29 is 76.7 Å². The standard InChI is InChI=1S/8C11H21N2.4CBNO2/c8*1-3-5-6-7-8-13-10-9-12(4-2)11-13;4*3-1-2(4)5/h8*9-11H,3-8H2,1-2H3;;;;/q8*+1;4*-2. The lowest BCUT2D eigenvalue weighted by molar-refractivity contribution is -0.697. The van der Waals surface area contributed by atoms with Crippen LogP contribution in [0.4, 0.5) is 0 Å². The molecule has 0 aliphatic carbocycles. The number of unbranched alkanes of at least 4 members (excludes halogenated alkanes) is 24. The molecule has 0 aromatic carbocycles. The molecule has 8 heterocycles. The fraction of sp³-hybridized carbons (Fsp3) is 0.696. The SMILES string of the molecule is CCCCCC[n+]1ccn(CC)c1.CCCCCC[n+]1ccn(CC)c1.CCCCCC[n+]1ccn(CC)c1.CCCCCC[n+]1ccn(CC)c1.CCCCCC[n+]1ccn(CC)c1.CCCCCC[n+]1ccn(CC)c1.CCCCCC[n+]1ccn(CC)c1.CCCCCC[n+]1ccn(CC)c1.N#CB([O-])[O-].N#CB([O-])[O-].N#CB([O-])[O-].N#CB([O-])[O-]. The third kappa shape index (κ3) is 78.3. The highest BCUT2D eigenvalue weighted by Crippen LogP contribution is 2.05. The number of rotatable bonds is 48. The highest BCUT2D eigenvalue weighted by Gasteiger charge is 2.08. The lowest BCUT2D eigenvalue weighted by Crippen LogP contribution is -2.43. The van der Waals surface area contributed by atoms with Gasteiger partial charge < -0.3 is 40.2 Å². The molecule has 124 heavy (non-hydrogen) atoms. The lowest BCUT2D eigenvalue weighted by atomic mass is 9.97. The van der Waals surface area contributed by atoms with Crippen LogP contribution in [0.25, 0.3) is 0 Å². The van der Waals surface area contributed by atoms with E-state index in [-0.39, 0.29) is 0 Å². The van der Waals surface area contributed by atoms with Crippen LogP contribution in [-0.4, -0.2) is 65.0 Å². The van der Waals surface area contributed by atoms with Gasteiger partial charge in [0, 0.05) is 28.5 Å². The minimum atomic E-state index is -2.31. The molecule has 8 rings (SSSR count). The number of hydrogen-bond donors (Lipinski definition) is 0. The summed E-state index contributed by atoms with van der Waals surface area (Å²) in [6.45, 7) is 53.3. The van der Waals surface area contributed by atoms with Crippen LogP contribution in [0, 0.1) is 44.9 Å². The maximum absolute atomic E-state index is 8.98.